The molecule has 2 bridgehead atoms. The number of esters is 1. The van der Waals surface area contributed by atoms with Crippen LogP contribution in [0.5, 0.6) is 5.75 Å². The maximum atomic E-state index is 13.3. The first-order valence-corrected chi connectivity index (χ1v) is 10.9. The van der Waals surface area contributed by atoms with E-state index in [1.165, 1.54) is 17.9 Å². The van der Waals surface area contributed by atoms with Crippen LogP contribution in [-0.4, -0.2) is 23.6 Å². The number of carbonyl (C=O) groups excluding carboxylic acids is 4. The van der Waals surface area contributed by atoms with E-state index in [9.17, 15) is 19.2 Å². The van der Waals surface area contributed by atoms with Crippen molar-refractivity contribution in [1.82, 2.24) is 0 Å². The number of anilines is 1. The van der Waals surface area contributed by atoms with Crippen LogP contribution in [0, 0.1) is 35.5 Å². The van der Waals surface area contributed by atoms with Crippen molar-refractivity contribution in [3.63, 3.8) is 0 Å². The highest BCUT2D eigenvalue weighted by atomic mass is 16.5. The zero-order chi connectivity index (χ0) is 22.1. The van der Waals surface area contributed by atoms with Gasteiger partial charge >= 0.3 is 5.97 Å². The molecule has 0 N–H and O–H groups in total. The number of Topliss-reactive ketones (excluding diaryl/α,β-unsaturated/α-hetero) is 1. The monoisotopic (exact) mass is 427 g/mol. The van der Waals surface area contributed by atoms with E-state index in [0.29, 0.717) is 28.8 Å². The van der Waals surface area contributed by atoms with Gasteiger partial charge in [-0.25, -0.2) is 9.69 Å². The third-order valence-corrected chi connectivity index (χ3v) is 7.47. The molecule has 6 atom stereocenters. The van der Waals surface area contributed by atoms with Crippen molar-refractivity contribution in [1.29, 1.82) is 0 Å². The molecule has 0 spiro atoms. The summed E-state index contributed by atoms with van der Waals surface area (Å²) in [7, 11) is 0. The number of hydrogen-bond acceptors (Lipinski definition) is 5. The highest BCUT2D eigenvalue weighted by Gasteiger charge is 2.67. The lowest BCUT2D eigenvalue weighted by atomic mass is 9.63. The molecule has 6 nitrogen and oxygen atoms in total. The zero-order valence-electron chi connectivity index (χ0n) is 17.4. The van der Waals surface area contributed by atoms with Gasteiger partial charge in [0.25, 0.3) is 0 Å². The van der Waals surface area contributed by atoms with Crippen LogP contribution in [0.4, 0.5) is 5.69 Å². The molecule has 1 heterocycles. The second-order valence-corrected chi connectivity index (χ2v) is 9.19. The summed E-state index contributed by atoms with van der Waals surface area (Å²) >= 11 is 0. The maximum absolute atomic E-state index is 13.3. The molecule has 0 radical (unpaired) electrons. The Morgan fingerprint density at radius 1 is 0.875 bits per heavy atom. The second kappa shape index (κ2) is 6.73. The van der Waals surface area contributed by atoms with Crippen molar-refractivity contribution in [3.8, 4) is 5.75 Å². The minimum absolute atomic E-state index is 0.0722. The first-order valence-electron chi connectivity index (χ1n) is 10.9. The Hall–Kier alpha value is -3.54. The molecule has 6 heteroatoms. The van der Waals surface area contributed by atoms with Crippen molar-refractivity contribution in [2.24, 2.45) is 35.5 Å². The molecule has 0 unspecified atom stereocenters. The van der Waals surface area contributed by atoms with Crippen molar-refractivity contribution in [3.05, 3.63) is 71.8 Å². The van der Waals surface area contributed by atoms with Gasteiger partial charge in [-0.15, -0.1) is 0 Å². The summed E-state index contributed by atoms with van der Waals surface area (Å²) < 4.78 is 5.42. The fourth-order valence-electron chi connectivity index (χ4n) is 5.91. The molecule has 0 aromatic heterocycles. The van der Waals surface area contributed by atoms with E-state index in [4.69, 9.17) is 4.74 Å². The van der Waals surface area contributed by atoms with Gasteiger partial charge in [0, 0.05) is 5.56 Å². The standard InChI is InChI=1S/C26H21NO5/c1-13(28)14-5-7-17(8-6-14)32-26(31)15-3-2-4-16(11-15)27-24(29)22-18-9-10-19(21-12-20(18)21)23(22)25(27)30/h2-11,18-23H,12H2,1H3/t18-,19+,20-,21-,22+,23+/m1/s1. The van der Waals surface area contributed by atoms with Crippen molar-refractivity contribution in [2.75, 3.05) is 4.90 Å². The third-order valence-electron chi connectivity index (χ3n) is 7.47. The molecule has 1 aliphatic heterocycles. The average Bonchev–Trinajstić information content (AvgIpc) is 3.57. The summed E-state index contributed by atoms with van der Waals surface area (Å²) in [6.45, 7) is 1.47. The van der Waals surface area contributed by atoms with Gasteiger partial charge in [0.1, 0.15) is 5.75 Å². The zero-order valence-corrected chi connectivity index (χ0v) is 17.4. The van der Waals surface area contributed by atoms with Crippen molar-refractivity contribution < 1.29 is 23.9 Å². The van der Waals surface area contributed by atoms with Crippen LogP contribution in [-0.2, 0) is 9.59 Å². The number of rotatable bonds is 4. The lowest BCUT2D eigenvalue weighted by Crippen LogP contribution is -2.40. The molecule has 2 aromatic carbocycles. The number of nitrogens with zero attached hydrogens (tertiary/aromatic N) is 1. The highest BCUT2D eigenvalue weighted by Crippen LogP contribution is 2.65. The van der Waals surface area contributed by atoms with Crippen LogP contribution in [0.2, 0.25) is 0 Å². The first kappa shape index (κ1) is 19.2. The molecule has 2 saturated carbocycles. The predicted molar refractivity (Wildman–Crippen MR) is 115 cm³/mol. The summed E-state index contributed by atoms with van der Waals surface area (Å²) in [5, 5.41) is 0. The predicted octanol–water partition coefficient (Wildman–Crippen LogP) is 3.67. The van der Waals surface area contributed by atoms with Gasteiger partial charge in [-0.1, -0.05) is 18.2 Å². The Kier molecular flexibility index (Phi) is 4.03. The second-order valence-electron chi connectivity index (χ2n) is 9.19. The van der Waals surface area contributed by atoms with Crippen LogP contribution < -0.4 is 9.64 Å². The van der Waals surface area contributed by atoms with Crippen LogP contribution in [0.25, 0.3) is 0 Å². The Bertz CT molecular complexity index is 1180. The van der Waals surface area contributed by atoms with Gasteiger partial charge in [-0.05, 0) is 79.5 Å². The van der Waals surface area contributed by atoms with Crippen LogP contribution in [0.1, 0.15) is 34.1 Å². The van der Waals surface area contributed by atoms with Gasteiger partial charge in [0.2, 0.25) is 11.8 Å². The average molecular weight is 427 g/mol. The number of allylic oxidation sites excluding steroid dienone is 2. The third kappa shape index (κ3) is 2.72. The molecule has 32 heavy (non-hydrogen) atoms. The Morgan fingerprint density at radius 2 is 1.50 bits per heavy atom. The summed E-state index contributed by atoms with van der Waals surface area (Å²) in [5.41, 5.74) is 1.18. The minimum Gasteiger partial charge on any atom is -0.423 e. The fraction of sp³-hybridized carbons (Fsp3) is 0.308. The lowest BCUT2D eigenvalue weighted by Gasteiger charge is -2.37. The van der Waals surface area contributed by atoms with E-state index in [2.05, 4.69) is 12.2 Å². The quantitative estimate of drug-likeness (QED) is 0.245. The van der Waals surface area contributed by atoms with E-state index in [1.807, 2.05) is 0 Å². The summed E-state index contributed by atoms with van der Waals surface area (Å²) in [5.74, 6) is 0.159. The number of ether oxygens (including phenoxy) is 1. The van der Waals surface area contributed by atoms with Crippen LogP contribution in [0.15, 0.2) is 60.7 Å². The Balaban J connectivity index is 1.25. The molecule has 2 aromatic rings. The number of carbonyl (C=O) groups is 4. The lowest BCUT2D eigenvalue weighted by molar-refractivity contribution is -0.124. The number of amides is 2. The molecular weight excluding hydrogens is 406 g/mol. The van der Waals surface area contributed by atoms with Crippen molar-refractivity contribution >= 4 is 29.3 Å². The first-order chi connectivity index (χ1) is 15.4. The van der Waals surface area contributed by atoms with E-state index in [1.54, 1.807) is 42.5 Å². The molecule has 4 aliphatic carbocycles. The van der Waals surface area contributed by atoms with E-state index in [0.717, 1.165) is 6.42 Å². The summed E-state index contributed by atoms with van der Waals surface area (Å²) in [6, 6.07) is 12.8. The number of hydrogen-bond donors (Lipinski definition) is 0. The molecule has 1 saturated heterocycles. The molecule has 7 rings (SSSR count). The number of ketones is 1. The van der Waals surface area contributed by atoms with Gasteiger partial charge in [0.15, 0.2) is 5.78 Å². The Labute approximate surface area is 184 Å². The number of imide groups is 1. The van der Waals surface area contributed by atoms with Gasteiger partial charge in [0.05, 0.1) is 23.1 Å². The van der Waals surface area contributed by atoms with Crippen LogP contribution in [0.3, 0.4) is 0 Å². The van der Waals surface area contributed by atoms with E-state index < -0.39 is 5.97 Å². The summed E-state index contributed by atoms with van der Waals surface area (Å²) in [6.07, 6.45) is 5.39. The minimum atomic E-state index is -0.595. The molecule has 160 valence electrons. The molecule has 3 fully saturated rings. The van der Waals surface area contributed by atoms with Gasteiger partial charge in [-0.2, -0.15) is 0 Å². The molecular formula is C26H21NO5. The van der Waals surface area contributed by atoms with Crippen molar-refractivity contribution in [2.45, 2.75) is 13.3 Å². The smallest absolute Gasteiger partial charge is 0.343 e. The van der Waals surface area contributed by atoms with Crippen LogP contribution >= 0.6 is 0 Å². The SMILES string of the molecule is CC(=O)c1ccc(OC(=O)c2cccc(N3C(=O)[C@H]4[C@@H]5C=C[C@@H]([C@H]6C[C@H]56)[C@@H]4C3=O)c2)cc1. The molecule has 5 aliphatic rings. The fourth-order valence-corrected chi connectivity index (χ4v) is 5.91. The number of benzene rings is 2. The molecule has 2 amide bonds. The normalized spacial score (nSPS) is 31.3. The van der Waals surface area contributed by atoms with Gasteiger partial charge in [-0.3, -0.25) is 14.4 Å². The largest absolute Gasteiger partial charge is 0.423 e. The topological polar surface area (TPSA) is 80.8 Å². The van der Waals surface area contributed by atoms with E-state index in [-0.39, 0.29) is 46.8 Å². The summed E-state index contributed by atoms with van der Waals surface area (Å²) in [4.78, 5) is 51.9. The van der Waals surface area contributed by atoms with E-state index >= 15 is 0 Å². The Morgan fingerprint density at radius 3 is 2.09 bits per heavy atom. The van der Waals surface area contributed by atoms with Gasteiger partial charge < -0.3 is 4.74 Å². The maximum Gasteiger partial charge on any atom is 0.343 e. The highest BCUT2D eigenvalue weighted by molar-refractivity contribution is 6.23.